The summed E-state index contributed by atoms with van der Waals surface area (Å²) >= 11 is 0. The van der Waals surface area contributed by atoms with Crippen LogP contribution in [0.4, 0.5) is 0 Å². The molecular formula is C7H5AgN3O2. The van der Waals surface area contributed by atoms with E-state index in [4.69, 9.17) is 0 Å². The summed E-state index contributed by atoms with van der Waals surface area (Å²) in [7, 11) is 0. The van der Waals surface area contributed by atoms with Gasteiger partial charge in [-0.3, -0.25) is 15.1 Å². The van der Waals surface area contributed by atoms with E-state index in [1.54, 1.807) is 6.08 Å². The molecule has 0 saturated carbocycles. The van der Waals surface area contributed by atoms with E-state index in [0.717, 1.165) is 5.71 Å². The first-order valence-corrected chi connectivity index (χ1v) is 3.41. The van der Waals surface area contributed by atoms with Gasteiger partial charge in [0, 0.05) is 34.5 Å². The number of allylic oxidation sites excluding steroid dienone is 1. The Bertz CT molecular complexity index is 357. The zero-order valence-corrected chi connectivity index (χ0v) is 7.83. The molecule has 1 aliphatic heterocycles. The number of fused-ring (bicyclic) bond motifs is 1. The van der Waals surface area contributed by atoms with Gasteiger partial charge in [0.25, 0.3) is 5.70 Å². The molecule has 0 aromatic rings. The van der Waals surface area contributed by atoms with Gasteiger partial charge in [-0.25, -0.2) is 4.99 Å². The summed E-state index contributed by atoms with van der Waals surface area (Å²) in [6.45, 7) is 0. The number of hydrogen-bond acceptors (Lipinski definition) is 4. The van der Waals surface area contributed by atoms with Crippen molar-refractivity contribution in [1.29, 1.82) is 0 Å². The Hall–Kier alpha value is -1.04. The average Bonchev–Trinajstić information content (AvgIpc) is 2.49. The van der Waals surface area contributed by atoms with Crippen molar-refractivity contribution in [3.05, 3.63) is 34.0 Å². The Kier molecular flexibility index (Phi) is 2.92. The van der Waals surface area contributed by atoms with E-state index in [2.05, 4.69) is 9.98 Å². The van der Waals surface area contributed by atoms with Crippen molar-refractivity contribution in [3.8, 4) is 0 Å². The van der Waals surface area contributed by atoms with E-state index in [1.165, 1.54) is 18.5 Å². The van der Waals surface area contributed by atoms with Crippen LogP contribution in [0, 0.1) is 10.1 Å². The summed E-state index contributed by atoms with van der Waals surface area (Å²) < 4.78 is 0. The van der Waals surface area contributed by atoms with E-state index in [-0.39, 0.29) is 34.1 Å². The fourth-order valence-electron chi connectivity index (χ4n) is 1.10. The molecule has 0 spiro atoms. The van der Waals surface area contributed by atoms with Crippen LogP contribution in [-0.2, 0) is 22.4 Å². The Morgan fingerprint density at radius 1 is 1.46 bits per heavy atom. The van der Waals surface area contributed by atoms with Gasteiger partial charge < -0.3 is 0 Å². The number of aliphatic imine (C=N–C) groups is 2. The molecule has 0 N–H and O–H groups in total. The predicted octanol–water partition coefficient (Wildman–Crippen LogP) is 0.566. The molecule has 2 rings (SSSR count). The molecular weight excluding hydrogens is 266 g/mol. The number of nitrogens with zero attached hydrogens (tertiary/aromatic N) is 3. The van der Waals surface area contributed by atoms with Crippen molar-refractivity contribution in [3.63, 3.8) is 0 Å². The molecule has 0 aromatic carbocycles. The molecule has 2 aliphatic rings. The van der Waals surface area contributed by atoms with Gasteiger partial charge in [-0.05, 0) is 6.08 Å². The maximum atomic E-state index is 10.3. The van der Waals surface area contributed by atoms with Crippen molar-refractivity contribution < 1.29 is 27.3 Å². The molecule has 5 nitrogen and oxygen atoms in total. The van der Waals surface area contributed by atoms with E-state index < -0.39 is 4.92 Å². The fraction of sp³-hybridized carbons (Fsp3) is 0.143. The van der Waals surface area contributed by atoms with Crippen molar-refractivity contribution >= 4 is 12.1 Å². The Labute approximate surface area is 89.6 Å². The van der Waals surface area contributed by atoms with Crippen LogP contribution >= 0.6 is 0 Å². The molecule has 0 bridgehead atoms. The Morgan fingerprint density at radius 2 is 2.23 bits per heavy atom. The second-order valence-corrected chi connectivity index (χ2v) is 2.45. The van der Waals surface area contributed by atoms with Gasteiger partial charge in [0.05, 0.1) is 10.6 Å². The quantitative estimate of drug-likeness (QED) is 0.397. The van der Waals surface area contributed by atoms with E-state index in [1.807, 2.05) is 0 Å². The van der Waals surface area contributed by atoms with Crippen LogP contribution in [0.2, 0.25) is 0 Å². The van der Waals surface area contributed by atoms with Crippen molar-refractivity contribution in [2.45, 2.75) is 6.04 Å². The summed E-state index contributed by atoms with van der Waals surface area (Å²) in [6, 6.07) is -0.240. The van der Waals surface area contributed by atoms with Gasteiger partial charge in [0.15, 0.2) is 0 Å². The molecule has 71 valence electrons. The van der Waals surface area contributed by atoms with E-state index >= 15 is 0 Å². The molecule has 0 amide bonds. The Morgan fingerprint density at radius 3 is 2.92 bits per heavy atom. The number of nitro groups is 1. The zero-order valence-electron chi connectivity index (χ0n) is 6.35. The van der Waals surface area contributed by atoms with Crippen LogP contribution in [0.1, 0.15) is 0 Å². The smallest absolute Gasteiger partial charge is 0.259 e. The maximum Gasteiger partial charge on any atom is 0.268 e. The zero-order chi connectivity index (χ0) is 8.55. The summed E-state index contributed by atoms with van der Waals surface area (Å²) in [5.74, 6) is 0. The van der Waals surface area contributed by atoms with Crippen LogP contribution in [-0.4, -0.2) is 23.0 Å². The van der Waals surface area contributed by atoms with Gasteiger partial charge in [0.1, 0.15) is 12.4 Å². The minimum Gasteiger partial charge on any atom is -0.259 e. The summed E-state index contributed by atoms with van der Waals surface area (Å²) in [5.41, 5.74) is 0.846. The number of hydrogen-bond donors (Lipinski definition) is 0. The standard InChI is InChI=1S/C7H5N3O2.Ag/c11-10(12)5-1-2-6-7(3-5)9-4-8-6;/h1-4,7H;. The summed E-state index contributed by atoms with van der Waals surface area (Å²) in [4.78, 5) is 17.8. The molecule has 0 fully saturated rings. The van der Waals surface area contributed by atoms with Crippen LogP contribution in [0.25, 0.3) is 0 Å². The minimum atomic E-state index is -0.429. The molecule has 1 heterocycles. The first-order chi connectivity index (χ1) is 5.77. The van der Waals surface area contributed by atoms with Gasteiger partial charge in [-0.1, -0.05) is 0 Å². The largest absolute Gasteiger partial charge is 0.268 e. The third-order valence-corrected chi connectivity index (χ3v) is 1.70. The molecule has 0 saturated heterocycles. The van der Waals surface area contributed by atoms with Crippen LogP contribution in [0.15, 0.2) is 33.9 Å². The third-order valence-electron chi connectivity index (χ3n) is 1.70. The molecule has 1 radical (unpaired) electrons. The second kappa shape index (κ2) is 3.78. The van der Waals surface area contributed by atoms with Crippen LogP contribution in [0.5, 0.6) is 0 Å². The van der Waals surface area contributed by atoms with Crippen LogP contribution < -0.4 is 0 Å². The topological polar surface area (TPSA) is 67.9 Å². The van der Waals surface area contributed by atoms with Crippen molar-refractivity contribution in [2.24, 2.45) is 9.98 Å². The van der Waals surface area contributed by atoms with Gasteiger partial charge in [-0.15, -0.1) is 0 Å². The molecule has 1 atom stereocenters. The molecule has 1 unspecified atom stereocenters. The number of rotatable bonds is 1. The predicted molar refractivity (Wildman–Crippen MR) is 43.9 cm³/mol. The average molecular weight is 271 g/mol. The van der Waals surface area contributed by atoms with Gasteiger partial charge >= 0.3 is 0 Å². The first kappa shape index (κ1) is 10.0. The third kappa shape index (κ3) is 1.82. The molecule has 0 aromatic heterocycles. The minimum absolute atomic E-state index is 0. The molecule has 1 aliphatic carbocycles. The van der Waals surface area contributed by atoms with Crippen molar-refractivity contribution in [1.82, 2.24) is 0 Å². The van der Waals surface area contributed by atoms with E-state index in [0.29, 0.717) is 0 Å². The summed E-state index contributed by atoms with van der Waals surface area (Å²) in [6.07, 6.45) is 5.96. The SMILES string of the molecule is O=[N+]([O-])C1=CC2N=CN=C2C=C1.[Ag]. The monoisotopic (exact) mass is 270 g/mol. The molecule has 6 heteroatoms. The van der Waals surface area contributed by atoms with E-state index in [9.17, 15) is 10.1 Å². The summed E-state index contributed by atoms with van der Waals surface area (Å²) in [5, 5.41) is 10.3. The normalized spacial score (nSPS) is 22.9. The maximum absolute atomic E-state index is 10.3. The molecule has 13 heavy (non-hydrogen) atoms. The van der Waals surface area contributed by atoms with Gasteiger partial charge in [0.2, 0.25) is 0 Å². The Balaban J connectivity index is 0.000000845. The first-order valence-electron chi connectivity index (χ1n) is 3.41. The van der Waals surface area contributed by atoms with Crippen molar-refractivity contribution in [2.75, 3.05) is 0 Å². The van der Waals surface area contributed by atoms with Crippen LogP contribution in [0.3, 0.4) is 0 Å². The van der Waals surface area contributed by atoms with Gasteiger partial charge in [-0.2, -0.15) is 0 Å². The second-order valence-electron chi connectivity index (χ2n) is 2.45. The fourth-order valence-corrected chi connectivity index (χ4v) is 1.10.